The number of carbonyl (C=O) groups is 1. The summed E-state index contributed by atoms with van der Waals surface area (Å²) in [6.45, 7) is 5.18. The second-order valence-corrected chi connectivity index (χ2v) is 5.52. The summed E-state index contributed by atoms with van der Waals surface area (Å²) in [5.74, 6) is -0.530. The molecule has 0 fully saturated rings. The minimum Gasteiger partial charge on any atom is -0.506 e. The smallest absolute Gasteiger partial charge is 0.368 e. The molecule has 3 aromatic rings. The van der Waals surface area contributed by atoms with Gasteiger partial charge < -0.3 is 5.11 Å². The Morgan fingerprint density at radius 2 is 1.88 bits per heavy atom. The SMILES string of the molecule is C=C(C)C(=O)OOCCc1ccc(O)c(-n2nc3ccccc3n2)c1. The summed E-state index contributed by atoms with van der Waals surface area (Å²) >= 11 is 0. The van der Waals surface area contributed by atoms with Crippen molar-refractivity contribution in [1.82, 2.24) is 15.0 Å². The van der Waals surface area contributed by atoms with Gasteiger partial charge in [-0.05, 0) is 36.8 Å². The van der Waals surface area contributed by atoms with E-state index in [0.717, 1.165) is 16.6 Å². The maximum absolute atomic E-state index is 11.2. The van der Waals surface area contributed by atoms with Crippen molar-refractivity contribution in [3.05, 3.63) is 60.2 Å². The van der Waals surface area contributed by atoms with Crippen LogP contribution < -0.4 is 0 Å². The second kappa shape index (κ2) is 7.14. The summed E-state index contributed by atoms with van der Waals surface area (Å²) in [5.41, 5.74) is 3.08. The van der Waals surface area contributed by atoms with Crippen molar-refractivity contribution in [2.45, 2.75) is 13.3 Å². The molecule has 0 spiro atoms. The van der Waals surface area contributed by atoms with Crippen LogP contribution in [-0.4, -0.2) is 32.7 Å². The van der Waals surface area contributed by atoms with Crippen molar-refractivity contribution < 1.29 is 19.7 Å². The molecule has 7 nitrogen and oxygen atoms in total. The Morgan fingerprint density at radius 1 is 1.20 bits per heavy atom. The topological polar surface area (TPSA) is 86.5 Å². The van der Waals surface area contributed by atoms with Gasteiger partial charge in [0.2, 0.25) is 0 Å². The largest absolute Gasteiger partial charge is 0.506 e. The molecule has 0 bridgehead atoms. The van der Waals surface area contributed by atoms with Crippen molar-refractivity contribution in [2.75, 3.05) is 6.61 Å². The molecule has 2 aromatic carbocycles. The van der Waals surface area contributed by atoms with Crippen LogP contribution in [0, 0.1) is 0 Å². The number of rotatable bonds is 6. The normalized spacial score (nSPS) is 10.8. The first-order valence-corrected chi connectivity index (χ1v) is 7.68. The summed E-state index contributed by atoms with van der Waals surface area (Å²) in [5, 5.41) is 18.8. The third-order valence-corrected chi connectivity index (χ3v) is 3.50. The van der Waals surface area contributed by atoms with Gasteiger partial charge in [0.1, 0.15) is 22.5 Å². The molecule has 1 N–H and O–H groups in total. The van der Waals surface area contributed by atoms with Gasteiger partial charge in [0.05, 0.1) is 6.61 Å². The lowest BCUT2D eigenvalue weighted by Gasteiger charge is -2.07. The molecule has 0 atom stereocenters. The Hall–Kier alpha value is -3.19. The zero-order valence-electron chi connectivity index (χ0n) is 13.7. The quantitative estimate of drug-likeness (QED) is 0.322. The highest BCUT2D eigenvalue weighted by molar-refractivity contribution is 5.86. The van der Waals surface area contributed by atoms with Crippen LogP contribution in [0.2, 0.25) is 0 Å². The maximum atomic E-state index is 11.2. The Morgan fingerprint density at radius 3 is 2.52 bits per heavy atom. The van der Waals surface area contributed by atoms with Crippen LogP contribution in [0.15, 0.2) is 54.6 Å². The van der Waals surface area contributed by atoms with Crippen LogP contribution in [0.4, 0.5) is 0 Å². The van der Waals surface area contributed by atoms with Crippen LogP contribution in [0.5, 0.6) is 5.75 Å². The number of aromatic nitrogens is 3. The number of benzene rings is 2. The van der Waals surface area contributed by atoms with Crippen molar-refractivity contribution >= 4 is 17.0 Å². The Bertz CT molecular complexity index is 900. The zero-order chi connectivity index (χ0) is 17.8. The molecule has 0 saturated carbocycles. The van der Waals surface area contributed by atoms with E-state index in [1.54, 1.807) is 25.1 Å². The lowest BCUT2D eigenvalue weighted by atomic mass is 10.1. The van der Waals surface area contributed by atoms with Crippen LogP contribution in [0.3, 0.4) is 0 Å². The second-order valence-electron chi connectivity index (χ2n) is 5.52. The standard InChI is InChI=1S/C18H17N3O4/c1-12(2)18(23)25-24-10-9-13-7-8-17(22)16(11-13)21-19-14-5-3-4-6-15(14)20-21/h3-8,11,22H,1,9-10H2,2H3. The molecule has 1 aromatic heterocycles. The molecule has 0 unspecified atom stereocenters. The summed E-state index contributed by atoms with van der Waals surface area (Å²) in [6, 6.07) is 12.5. The Labute approximate surface area is 144 Å². The van der Waals surface area contributed by atoms with Crippen LogP contribution in [-0.2, 0) is 21.0 Å². The van der Waals surface area contributed by atoms with Crippen LogP contribution in [0.25, 0.3) is 16.7 Å². The lowest BCUT2D eigenvalue weighted by Crippen LogP contribution is -2.08. The summed E-state index contributed by atoms with van der Waals surface area (Å²) < 4.78 is 0. The predicted octanol–water partition coefficient (Wildman–Crippen LogP) is 2.72. The Kier molecular flexibility index (Phi) is 4.76. The van der Waals surface area contributed by atoms with Gasteiger partial charge in [-0.15, -0.1) is 15.0 Å². The van der Waals surface area contributed by atoms with E-state index in [2.05, 4.69) is 21.7 Å². The Balaban J connectivity index is 1.72. The molecule has 0 aliphatic carbocycles. The zero-order valence-corrected chi connectivity index (χ0v) is 13.7. The predicted molar refractivity (Wildman–Crippen MR) is 91.1 cm³/mol. The van der Waals surface area contributed by atoms with Gasteiger partial charge in [0.25, 0.3) is 0 Å². The highest BCUT2D eigenvalue weighted by Gasteiger charge is 2.10. The molecule has 128 valence electrons. The van der Waals surface area contributed by atoms with E-state index >= 15 is 0 Å². The van der Waals surface area contributed by atoms with Crippen LogP contribution >= 0.6 is 0 Å². The first-order valence-electron chi connectivity index (χ1n) is 7.68. The van der Waals surface area contributed by atoms with Gasteiger partial charge in [-0.1, -0.05) is 24.8 Å². The van der Waals surface area contributed by atoms with Gasteiger partial charge in [-0.2, -0.15) is 4.89 Å². The first-order chi connectivity index (χ1) is 12.0. The molecule has 25 heavy (non-hydrogen) atoms. The van der Waals surface area contributed by atoms with Crippen molar-refractivity contribution in [3.8, 4) is 11.4 Å². The summed E-state index contributed by atoms with van der Waals surface area (Å²) in [7, 11) is 0. The van der Waals surface area contributed by atoms with E-state index in [4.69, 9.17) is 4.89 Å². The fraction of sp³-hybridized carbons (Fsp3) is 0.167. The number of fused-ring (bicyclic) bond motifs is 1. The molecular weight excluding hydrogens is 322 g/mol. The fourth-order valence-corrected chi connectivity index (χ4v) is 2.18. The van der Waals surface area contributed by atoms with E-state index in [9.17, 15) is 9.90 Å². The van der Waals surface area contributed by atoms with E-state index in [1.165, 1.54) is 4.80 Å². The monoisotopic (exact) mass is 339 g/mol. The average molecular weight is 339 g/mol. The van der Waals surface area contributed by atoms with Gasteiger partial charge in [0, 0.05) is 12.0 Å². The van der Waals surface area contributed by atoms with Gasteiger partial charge in [-0.3, -0.25) is 4.89 Å². The van der Waals surface area contributed by atoms with E-state index < -0.39 is 5.97 Å². The summed E-state index contributed by atoms with van der Waals surface area (Å²) in [4.78, 5) is 22.1. The average Bonchev–Trinajstić information content (AvgIpc) is 3.03. The molecule has 0 amide bonds. The minimum absolute atomic E-state index is 0.0682. The molecule has 0 aliphatic heterocycles. The van der Waals surface area contributed by atoms with Crippen LogP contribution in [0.1, 0.15) is 12.5 Å². The third-order valence-electron chi connectivity index (χ3n) is 3.50. The molecule has 0 aliphatic rings. The number of phenolic OH excluding ortho intramolecular Hbond substituents is 1. The molecule has 7 heteroatoms. The highest BCUT2D eigenvalue weighted by atomic mass is 17.2. The number of carbonyl (C=O) groups excluding carboxylic acids is 1. The van der Waals surface area contributed by atoms with E-state index in [1.807, 2.05) is 24.3 Å². The number of aromatic hydroxyl groups is 1. The number of nitrogens with zero attached hydrogens (tertiary/aromatic N) is 3. The van der Waals surface area contributed by atoms with Gasteiger partial charge >= 0.3 is 5.97 Å². The van der Waals surface area contributed by atoms with Gasteiger partial charge in [-0.25, -0.2) is 4.79 Å². The fourth-order valence-electron chi connectivity index (χ4n) is 2.18. The minimum atomic E-state index is -0.598. The third kappa shape index (κ3) is 3.84. The number of phenols is 1. The molecule has 3 rings (SSSR count). The van der Waals surface area contributed by atoms with E-state index in [-0.39, 0.29) is 17.9 Å². The number of hydrogen-bond donors (Lipinski definition) is 1. The molecule has 1 heterocycles. The highest BCUT2D eigenvalue weighted by Crippen LogP contribution is 2.23. The first kappa shape index (κ1) is 16.7. The van der Waals surface area contributed by atoms with Gasteiger partial charge in [0.15, 0.2) is 0 Å². The maximum Gasteiger partial charge on any atom is 0.368 e. The molecular formula is C18H17N3O4. The summed E-state index contributed by atoms with van der Waals surface area (Å²) in [6.07, 6.45) is 0.484. The van der Waals surface area contributed by atoms with E-state index in [0.29, 0.717) is 12.1 Å². The number of hydrogen-bond acceptors (Lipinski definition) is 6. The van der Waals surface area contributed by atoms with Crippen molar-refractivity contribution in [1.29, 1.82) is 0 Å². The molecule has 0 radical (unpaired) electrons. The van der Waals surface area contributed by atoms with Crippen molar-refractivity contribution in [2.24, 2.45) is 0 Å². The van der Waals surface area contributed by atoms with Crippen molar-refractivity contribution in [3.63, 3.8) is 0 Å². The molecule has 0 saturated heterocycles. The lowest BCUT2D eigenvalue weighted by molar-refractivity contribution is -0.267.